The first-order valence-electron chi connectivity index (χ1n) is 7.73. The molecule has 0 saturated carbocycles. The van der Waals surface area contributed by atoms with Gasteiger partial charge in [-0.05, 0) is 30.9 Å². The monoisotopic (exact) mass is 316 g/mol. The van der Waals surface area contributed by atoms with Crippen LogP contribution in [0.25, 0.3) is 0 Å². The maximum atomic E-state index is 12.5. The summed E-state index contributed by atoms with van der Waals surface area (Å²) in [7, 11) is 1.69. The molecule has 0 bridgehead atoms. The molecule has 1 fully saturated rings. The Bertz CT molecular complexity index is 705. The van der Waals surface area contributed by atoms with Crippen molar-refractivity contribution >= 4 is 17.6 Å². The van der Waals surface area contributed by atoms with Gasteiger partial charge in [0.1, 0.15) is 5.82 Å². The van der Waals surface area contributed by atoms with Crippen molar-refractivity contribution in [3.05, 3.63) is 35.9 Å². The van der Waals surface area contributed by atoms with Crippen LogP contribution in [0.3, 0.4) is 0 Å². The van der Waals surface area contributed by atoms with E-state index in [9.17, 15) is 9.59 Å². The maximum Gasteiger partial charge on any atom is 0.292 e. The van der Waals surface area contributed by atoms with Gasteiger partial charge in [-0.15, -0.1) is 0 Å². The second-order valence-corrected chi connectivity index (χ2v) is 5.97. The van der Waals surface area contributed by atoms with Crippen LogP contribution in [-0.4, -0.2) is 39.6 Å². The second-order valence-electron chi connectivity index (χ2n) is 5.97. The Balaban J connectivity index is 1.72. The van der Waals surface area contributed by atoms with Gasteiger partial charge in [0, 0.05) is 26.2 Å². The zero-order chi connectivity index (χ0) is 16.4. The average Bonchev–Trinajstić information content (AvgIpc) is 3.17. The van der Waals surface area contributed by atoms with Gasteiger partial charge in [0.05, 0.1) is 6.26 Å². The zero-order valence-corrected chi connectivity index (χ0v) is 13.3. The van der Waals surface area contributed by atoms with Gasteiger partial charge >= 0.3 is 0 Å². The van der Waals surface area contributed by atoms with E-state index in [-0.39, 0.29) is 17.6 Å². The molecular weight excluding hydrogens is 296 g/mol. The lowest BCUT2D eigenvalue weighted by molar-refractivity contribution is 0.0676. The molecule has 1 aliphatic rings. The van der Waals surface area contributed by atoms with Crippen LogP contribution in [0.15, 0.2) is 28.9 Å². The van der Waals surface area contributed by atoms with Gasteiger partial charge in [0.2, 0.25) is 0 Å². The number of aromatic nitrogens is 2. The highest BCUT2D eigenvalue weighted by Crippen LogP contribution is 2.19. The molecule has 0 unspecified atom stereocenters. The quantitative estimate of drug-likeness (QED) is 0.940. The molecule has 7 nitrogen and oxygen atoms in total. The van der Waals surface area contributed by atoms with Crippen molar-refractivity contribution in [2.24, 2.45) is 13.0 Å². The fourth-order valence-corrected chi connectivity index (χ4v) is 2.81. The molecule has 3 heterocycles. The first kappa shape index (κ1) is 15.3. The van der Waals surface area contributed by atoms with Gasteiger partial charge in [0.25, 0.3) is 11.8 Å². The van der Waals surface area contributed by atoms with E-state index in [4.69, 9.17) is 4.42 Å². The third kappa shape index (κ3) is 3.28. The van der Waals surface area contributed by atoms with Gasteiger partial charge in [0.15, 0.2) is 11.5 Å². The van der Waals surface area contributed by atoms with Gasteiger partial charge in [-0.2, -0.15) is 5.10 Å². The Kier molecular flexibility index (Phi) is 4.18. The molecule has 0 spiro atoms. The Hall–Kier alpha value is -2.57. The van der Waals surface area contributed by atoms with E-state index in [0.29, 0.717) is 17.4 Å². The molecule has 0 radical (unpaired) electrons. The first-order chi connectivity index (χ1) is 11.0. The molecule has 0 aromatic carbocycles. The van der Waals surface area contributed by atoms with E-state index in [1.54, 1.807) is 25.2 Å². The fourth-order valence-electron chi connectivity index (χ4n) is 2.81. The largest absolute Gasteiger partial charge is 0.459 e. The standard InChI is InChI=1S/C16H20N4O3/c1-11-5-3-7-20(10-11)16(22)12-9-14(19(2)18-12)17-15(21)13-6-4-8-23-13/h4,6,8-9,11H,3,5,7,10H2,1-2H3,(H,17,21)/t11-/m1/s1. The predicted octanol–water partition coefficient (Wildman–Crippen LogP) is 2.14. The summed E-state index contributed by atoms with van der Waals surface area (Å²) in [5, 5.41) is 6.92. The molecule has 23 heavy (non-hydrogen) atoms. The summed E-state index contributed by atoms with van der Waals surface area (Å²) in [6.07, 6.45) is 3.60. The van der Waals surface area contributed by atoms with E-state index in [2.05, 4.69) is 17.3 Å². The summed E-state index contributed by atoms with van der Waals surface area (Å²) in [6, 6.07) is 4.82. The number of anilines is 1. The molecule has 2 aromatic heterocycles. The van der Waals surface area contributed by atoms with Crippen LogP contribution in [0.4, 0.5) is 5.82 Å². The van der Waals surface area contributed by atoms with Crippen molar-refractivity contribution in [1.29, 1.82) is 0 Å². The Morgan fingerprint density at radius 1 is 1.43 bits per heavy atom. The number of carbonyl (C=O) groups excluding carboxylic acids is 2. The summed E-state index contributed by atoms with van der Waals surface area (Å²) in [6.45, 7) is 3.66. The van der Waals surface area contributed by atoms with Crippen LogP contribution in [-0.2, 0) is 7.05 Å². The molecule has 3 rings (SSSR count). The minimum atomic E-state index is -0.372. The molecule has 7 heteroatoms. The molecule has 2 aromatic rings. The minimum absolute atomic E-state index is 0.0920. The number of aryl methyl sites for hydroxylation is 1. The lowest BCUT2D eigenvalue weighted by atomic mass is 10.00. The first-order valence-corrected chi connectivity index (χ1v) is 7.73. The van der Waals surface area contributed by atoms with Gasteiger partial charge < -0.3 is 14.6 Å². The van der Waals surface area contributed by atoms with Crippen molar-refractivity contribution in [2.45, 2.75) is 19.8 Å². The number of hydrogen-bond acceptors (Lipinski definition) is 4. The number of furan rings is 1. The molecular formula is C16H20N4O3. The van der Waals surface area contributed by atoms with Crippen LogP contribution in [0, 0.1) is 5.92 Å². The molecule has 122 valence electrons. The fraction of sp³-hybridized carbons (Fsp3) is 0.438. The van der Waals surface area contributed by atoms with Crippen molar-refractivity contribution in [1.82, 2.24) is 14.7 Å². The normalized spacial score (nSPS) is 18.0. The average molecular weight is 316 g/mol. The number of carbonyl (C=O) groups is 2. The lowest BCUT2D eigenvalue weighted by Crippen LogP contribution is -2.39. The predicted molar refractivity (Wildman–Crippen MR) is 84.2 cm³/mol. The topological polar surface area (TPSA) is 80.4 Å². The summed E-state index contributed by atoms with van der Waals surface area (Å²) < 4.78 is 6.54. The van der Waals surface area contributed by atoms with Crippen LogP contribution >= 0.6 is 0 Å². The number of piperidine rings is 1. The highest BCUT2D eigenvalue weighted by Gasteiger charge is 2.25. The number of hydrogen-bond donors (Lipinski definition) is 1. The third-order valence-corrected chi connectivity index (χ3v) is 4.03. The Morgan fingerprint density at radius 3 is 2.96 bits per heavy atom. The number of rotatable bonds is 3. The summed E-state index contributed by atoms with van der Waals surface area (Å²) in [5.74, 6) is 0.715. The number of amides is 2. The smallest absolute Gasteiger partial charge is 0.292 e. The number of nitrogens with zero attached hydrogens (tertiary/aromatic N) is 3. The lowest BCUT2D eigenvalue weighted by Gasteiger charge is -2.30. The van der Waals surface area contributed by atoms with Crippen molar-refractivity contribution in [2.75, 3.05) is 18.4 Å². The van der Waals surface area contributed by atoms with Gasteiger partial charge in [-0.25, -0.2) is 0 Å². The zero-order valence-electron chi connectivity index (χ0n) is 13.3. The summed E-state index contributed by atoms with van der Waals surface area (Å²) >= 11 is 0. The second kappa shape index (κ2) is 6.28. The molecule has 1 saturated heterocycles. The van der Waals surface area contributed by atoms with E-state index >= 15 is 0 Å². The Morgan fingerprint density at radius 2 is 2.26 bits per heavy atom. The minimum Gasteiger partial charge on any atom is -0.459 e. The summed E-state index contributed by atoms with van der Waals surface area (Å²) in [5.41, 5.74) is 0.344. The van der Waals surface area contributed by atoms with E-state index in [1.807, 2.05) is 4.90 Å². The molecule has 0 aliphatic carbocycles. The summed E-state index contributed by atoms with van der Waals surface area (Å²) in [4.78, 5) is 26.4. The van der Waals surface area contributed by atoms with Crippen molar-refractivity contribution in [3.63, 3.8) is 0 Å². The van der Waals surface area contributed by atoms with Crippen molar-refractivity contribution in [3.8, 4) is 0 Å². The van der Waals surface area contributed by atoms with Crippen LogP contribution in [0.5, 0.6) is 0 Å². The van der Waals surface area contributed by atoms with E-state index < -0.39 is 0 Å². The number of likely N-dealkylation sites (tertiary alicyclic amines) is 1. The Labute approximate surface area is 134 Å². The van der Waals surface area contributed by atoms with E-state index in [0.717, 1.165) is 25.9 Å². The third-order valence-electron chi connectivity index (χ3n) is 4.03. The molecule has 2 amide bonds. The van der Waals surface area contributed by atoms with Crippen LogP contribution in [0.1, 0.15) is 40.8 Å². The van der Waals surface area contributed by atoms with Crippen LogP contribution in [0.2, 0.25) is 0 Å². The van der Waals surface area contributed by atoms with Gasteiger partial charge in [-0.1, -0.05) is 6.92 Å². The van der Waals surface area contributed by atoms with Crippen molar-refractivity contribution < 1.29 is 14.0 Å². The van der Waals surface area contributed by atoms with E-state index in [1.165, 1.54) is 10.9 Å². The number of nitrogens with one attached hydrogen (secondary N) is 1. The SMILES string of the molecule is C[C@@H]1CCCN(C(=O)c2cc(NC(=O)c3ccco3)n(C)n2)C1. The van der Waals surface area contributed by atoms with Crippen LogP contribution < -0.4 is 5.32 Å². The maximum absolute atomic E-state index is 12.5. The molecule has 1 aliphatic heterocycles. The highest BCUT2D eigenvalue weighted by atomic mass is 16.3. The van der Waals surface area contributed by atoms with Gasteiger partial charge in [-0.3, -0.25) is 14.3 Å². The highest BCUT2D eigenvalue weighted by molar-refractivity contribution is 6.02. The molecule has 1 atom stereocenters. The molecule has 1 N–H and O–H groups in total.